The predicted octanol–water partition coefficient (Wildman–Crippen LogP) is 4.12. The molecule has 3 aromatic rings. The van der Waals surface area contributed by atoms with Gasteiger partial charge in [-0.25, -0.2) is 24.3 Å². The molecule has 5 rings (SSSR count). The number of carbonyl (C=O) groups excluding carboxylic acids is 1. The van der Waals surface area contributed by atoms with E-state index in [0.29, 0.717) is 23.6 Å². The maximum Gasteiger partial charge on any atom is 0.417 e. The highest BCUT2D eigenvalue weighted by atomic mass is 19.4. The molecule has 34 heavy (non-hydrogen) atoms. The Labute approximate surface area is 192 Å². The summed E-state index contributed by atoms with van der Waals surface area (Å²) in [5.41, 5.74) is 0.443. The maximum absolute atomic E-state index is 13.6. The highest BCUT2D eigenvalue weighted by molar-refractivity contribution is 5.99. The number of amides is 1. The summed E-state index contributed by atoms with van der Waals surface area (Å²) in [6, 6.07) is 5.38. The molecular formula is C23H20F4N6O. The molecule has 4 heterocycles. The first-order valence-electron chi connectivity index (χ1n) is 10.8. The number of alkyl halides is 3. The van der Waals surface area contributed by atoms with E-state index in [0.717, 1.165) is 37.5 Å². The number of aromatic nitrogens is 4. The molecule has 2 fully saturated rings. The van der Waals surface area contributed by atoms with Crippen LogP contribution in [0.4, 0.5) is 23.4 Å². The second kappa shape index (κ2) is 8.30. The van der Waals surface area contributed by atoms with Crippen LogP contribution in [-0.2, 0) is 6.18 Å². The molecule has 3 aromatic heterocycles. The summed E-state index contributed by atoms with van der Waals surface area (Å²) < 4.78 is 51.7. The number of fused-ring (bicyclic) bond motifs is 2. The van der Waals surface area contributed by atoms with Crippen molar-refractivity contribution < 1.29 is 22.4 Å². The van der Waals surface area contributed by atoms with Crippen molar-refractivity contribution >= 4 is 11.7 Å². The number of hydrogen-bond donors (Lipinski definition) is 1. The lowest BCUT2D eigenvalue weighted by Crippen LogP contribution is -2.48. The van der Waals surface area contributed by atoms with Crippen LogP contribution in [0.25, 0.3) is 11.5 Å². The van der Waals surface area contributed by atoms with Gasteiger partial charge in [0.15, 0.2) is 11.6 Å². The van der Waals surface area contributed by atoms with Gasteiger partial charge in [0.2, 0.25) is 0 Å². The second-order valence-electron chi connectivity index (χ2n) is 8.62. The van der Waals surface area contributed by atoms with Crippen LogP contribution in [0.2, 0.25) is 0 Å². The zero-order valence-corrected chi connectivity index (χ0v) is 18.1. The minimum Gasteiger partial charge on any atom is -0.365 e. The Bertz CT molecular complexity index is 1220. The van der Waals surface area contributed by atoms with Gasteiger partial charge in [0.1, 0.15) is 11.5 Å². The number of nitrogens with one attached hydrogen (secondary N) is 1. The molecule has 3 unspecified atom stereocenters. The van der Waals surface area contributed by atoms with E-state index in [-0.39, 0.29) is 35.4 Å². The van der Waals surface area contributed by atoms with Crippen LogP contribution in [0.1, 0.15) is 34.5 Å². The minimum atomic E-state index is -4.45. The van der Waals surface area contributed by atoms with Gasteiger partial charge in [-0.3, -0.25) is 4.79 Å². The van der Waals surface area contributed by atoms with Gasteiger partial charge in [-0.1, -0.05) is 0 Å². The molecule has 0 spiro atoms. The largest absolute Gasteiger partial charge is 0.417 e. The van der Waals surface area contributed by atoms with Crippen LogP contribution in [0, 0.1) is 18.7 Å². The van der Waals surface area contributed by atoms with Crippen molar-refractivity contribution in [1.82, 2.24) is 24.8 Å². The summed E-state index contributed by atoms with van der Waals surface area (Å²) in [6.45, 7) is 2.34. The zero-order valence-electron chi connectivity index (χ0n) is 18.1. The Balaban J connectivity index is 1.37. The molecular weight excluding hydrogens is 452 g/mol. The number of nitrogens with zero attached hydrogens (tertiary/aromatic N) is 5. The van der Waals surface area contributed by atoms with Gasteiger partial charge in [0.25, 0.3) is 5.91 Å². The number of hydrogen-bond acceptors (Lipinski definition) is 6. The SMILES string of the molecule is Cc1ccc(C(=O)N2CC3CC(Nc4ccc(C(F)(F)F)cn4)C2C3)c(-c2ncc(F)cn2)n1. The van der Waals surface area contributed by atoms with Crippen LogP contribution in [0.5, 0.6) is 0 Å². The number of aryl methyl sites for hydroxylation is 1. The lowest BCUT2D eigenvalue weighted by atomic mass is 10.0. The third-order valence-corrected chi connectivity index (χ3v) is 6.26. The van der Waals surface area contributed by atoms with E-state index in [4.69, 9.17) is 0 Å². The molecule has 1 saturated carbocycles. The van der Waals surface area contributed by atoms with Gasteiger partial charge in [-0.15, -0.1) is 0 Å². The van der Waals surface area contributed by atoms with E-state index in [1.54, 1.807) is 24.0 Å². The normalized spacial score (nSPS) is 21.7. The first kappa shape index (κ1) is 22.2. The number of piperidine rings is 1. The smallest absolute Gasteiger partial charge is 0.365 e. The van der Waals surface area contributed by atoms with Gasteiger partial charge in [-0.2, -0.15) is 13.2 Å². The first-order chi connectivity index (χ1) is 16.2. The molecule has 3 atom stereocenters. The molecule has 0 aromatic carbocycles. The van der Waals surface area contributed by atoms with Gasteiger partial charge < -0.3 is 10.2 Å². The molecule has 1 amide bonds. The molecule has 1 saturated heterocycles. The summed E-state index contributed by atoms with van der Waals surface area (Å²) in [6.07, 6.45) is -0.0333. The van der Waals surface area contributed by atoms with Crippen molar-refractivity contribution in [2.45, 2.75) is 38.0 Å². The quantitative estimate of drug-likeness (QED) is 0.576. The molecule has 1 aliphatic carbocycles. The van der Waals surface area contributed by atoms with Gasteiger partial charge >= 0.3 is 6.18 Å². The lowest BCUT2D eigenvalue weighted by Gasteiger charge is -2.34. The first-order valence-corrected chi connectivity index (χ1v) is 10.8. The van der Waals surface area contributed by atoms with E-state index in [2.05, 4.69) is 25.3 Å². The van der Waals surface area contributed by atoms with E-state index in [9.17, 15) is 22.4 Å². The maximum atomic E-state index is 13.6. The van der Waals surface area contributed by atoms with Crippen LogP contribution in [-0.4, -0.2) is 49.4 Å². The summed E-state index contributed by atoms with van der Waals surface area (Å²) >= 11 is 0. The molecule has 1 N–H and O–H groups in total. The zero-order chi connectivity index (χ0) is 24.0. The summed E-state index contributed by atoms with van der Waals surface area (Å²) in [5, 5.41) is 3.19. The summed E-state index contributed by atoms with van der Waals surface area (Å²) in [7, 11) is 0. The molecule has 2 bridgehead atoms. The Kier molecular flexibility index (Phi) is 5.41. The fourth-order valence-corrected chi connectivity index (χ4v) is 4.74. The van der Waals surface area contributed by atoms with Crippen molar-refractivity contribution in [3.8, 4) is 11.5 Å². The predicted molar refractivity (Wildman–Crippen MR) is 114 cm³/mol. The van der Waals surface area contributed by atoms with Crippen molar-refractivity contribution in [3.63, 3.8) is 0 Å². The molecule has 7 nitrogen and oxygen atoms in total. The van der Waals surface area contributed by atoms with Crippen LogP contribution in [0.15, 0.2) is 42.9 Å². The molecule has 11 heteroatoms. The highest BCUT2D eigenvalue weighted by Gasteiger charge is 2.47. The number of rotatable bonds is 4. The third kappa shape index (κ3) is 4.17. The van der Waals surface area contributed by atoms with E-state index in [1.807, 2.05) is 0 Å². The van der Waals surface area contributed by atoms with Gasteiger partial charge in [0.05, 0.1) is 29.6 Å². The molecule has 2 aliphatic rings. The summed E-state index contributed by atoms with van der Waals surface area (Å²) in [4.78, 5) is 31.6. The Morgan fingerprint density at radius 2 is 1.82 bits per heavy atom. The number of carbonyl (C=O) groups is 1. The summed E-state index contributed by atoms with van der Waals surface area (Å²) in [5.74, 6) is -0.0802. The number of anilines is 1. The fraction of sp³-hybridized carbons (Fsp3) is 0.348. The van der Waals surface area contributed by atoms with Crippen LogP contribution in [0.3, 0.4) is 0 Å². The topological polar surface area (TPSA) is 83.9 Å². The van der Waals surface area contributed by atoms with E-state index in [1.165, 1.54) is 6.07 Å². The Hall–Kier alpha value is -3.63. The highest BCUT2D eigenvalue weighted by Crippen LogP contribution is 2.40. The van der Waals surface area contributed by atoms with E-state index < -0.39 is 17.6 Å². The average Bonchev–Trinajstić information content (AvgIpc) is 3.39. The second-order valence-corrected chi connectivity index (χ2v) is 8.62. The van der Waals surface area contributed by atoms with Crippen molar-refractivity contribution in [2.24, 2.45) is 5.92 Å². The fourth-order valence-electron chi connectivity index (χ4n) is 4.74. The monoisotopic (exact) mass is 472 g/mol. The van der Waals surface area contributed by atoms with Crippen LogP contribution >= 0.6 is 0 Å². The molecule has 0 radical (unpaired) electrons. The minimum absolute atomic E-state index is 0.143. The van der Waals surface area contributed by atoms with E-state index >= 15 is 0 Å². The van der Waals surface area contributed by atoms with Crippen molar-refractivity contribution in [2.75, 3.05) is 11.9 Å². The number of likely N-dealkylation sites (tertiary alicyclic amines) is 1. The molecule has 1 aliphatic heterocycles. The Morgan fingerprint density at radius 1 is 1.06 bits per heavy atom. The number of pyridine rings is 2. The van der Waals surface area contributed by atoms with Gasteiger partial charge in [0, 0.05) is 24.5 Å². The van der Waals surface area contributed by atoms with Crippen molar-refractivity contribution in [1.29, 1.82) is 0 Å². The lowest BCUT2D eigenvalue weighted by molar-refractivity contribution is -0.137. The Morgan fingerprint density at radius 3 is 2.47 bits per heavy atom. The van der Waals surface area contributed by atoms with Crippen LogP contribution < -0.4 is 5.32 Å². The standard InChI is InChI=1S/C23H20F4N6O/c1-12-2-4-16(20(31-12)21-29-9-15(24)10-30-21)22(34)33-11-13-6-17(18(33)7-13)32-19-5-3-14(8-28-19)23(25,26)27/h2-5,8-10,13,17-18H,6-7,11H2,1H3,(H,28,32). The average molecular weight is 472 g/mol. The van der Waals surface area contributed by atoms with Crippen molar-refractivity contribution in [3.05, 3.63) is 65.5 Å². The number of halogens is 4. The van der Waals surface area contributed by atoms with Gasteiger partial charge in [-0.05, 0) is 49.9 Å². The molecule has 176 valence electrons. The third-order valence-electron chi connectivity index (χ3n) is 6.26.